The fraction of sp³-hybridized carbons (Fsp3) is 1.00. The molecule has 0 aromatic rings. The Morgan fingerprint density at radius 2 is 2.06 bits per heavy atom. The predicted molar refractivity (Wildman–Crippen MR) is 68.3 cm³/mol. The normalized spacial score (nSPS) is 27.7. The SMILES string of the molecule is COCC1CCN(CCOC2CCNCC2)C1. The van der Waals surface area contributed by atoms with Crippen molar-refractivity contribution in [3.8, 4) is 0 Å². The van der Waals surface area contributed by atoms with Gasteiger partial charge in [-0.1, -0.05) is 0 Å². The minimum absolute atomic E-state index is 0.494. The Balaban J connectivity index is 1.53. The maximum Gasteiger partial charge on any atom is 0.0600 e. The molecule has 4 heteroatoms. The minimum atomic E-state index is 0.494. The smallest absolute Gasteiger partial charge is 0.0600 e. The van der Waals surface area contributed by atoms with E-state index >= 15 is 0 Å². The number of hydrogen-bond donors (Lipinski definition) is 1. The van der Waals surface area contributed by atoms with Gasteiger partial charge in [0.15, 0.2) is 0 Å². The van der Waals surface area contributed by atoms with E-state index in [1.807, 2.05) is 0 Å². The summed E-state index contributed by atoms with van der Waals surface area (Å²) in [4.78, 5) is 2.50. The lowest BCUT2D eigenvalue weighted by atomic mass is 10.1. The quantitative estimate of drug-likeness (QED) is 0.744. The van der Waals surface area contributed by atoms with Crippen molar-refractivity contribution in [2.75, 3.05) is 53.0 Å². The summed E-state index contributed by atoms with van der Waals surface area (Å²) < 4.78 is 11.1. The molecule has 2 fully saturated rings. The number of methoxy groups -OCH3 is 1. The highest BCUT2D eigenvalue weighted by Gasteiger charge is 2.22. The van der Waals surface area contributed by atoms with Crippen LogP contribution in [0.3, 0.4) is 0 Å². The molecule has 0 aliphatic carbocycles. The van der Waals surface area contributed by atoms with Crippen molar-refractivity contribution in [1.29, 1.82) is 0 Å². The van der Waals surface area contributed by atoms with E-state index in [-0.39, 0.29) is 0 Å². The van der Waals surface area contributed by atoms with E-state index in [2.05, 4.69) is 10.2 Å². The summed E-state index contributed by atoms with van der Waals surface area (Å²) in [7, 11) is 1.79. The van der Waals surface area contributed by atoms with E-state index in [1.165, 1.54) is 32.4 Å². The monoisotopic (exact) mass is 242 g/mol. The van der Waals surface area contributed by atoms with Crippen molar-refractivity contribution in [2.24, 2.45) is 5.92 Å². The molecule has 0 amide bonds. The van der Waals surface area contributed by atoms with Gasteiger partial charge in [-0.2, -0.15) is 0 Å². The first kappa shape index (κ1) is 13.3. The van der Waals surface area contributed by atoms with Crippen molar-refractivity contribution in [2.45, 2.75) is 25.4 Å². The van der Waals surface area contributed by atoms with Crippen molar-refractivity contribution < 1.29 is 9.47 Å². The maximum atomic E-state index is 5.93. The van der Waals surface area contributed by atoms with Crippen molar-refractivity contribution in [3.63, 3.8) is 0 Å². The number of rotatable bonds is 6. The molecule has 1 unspecified atom stereocenters. The van der Waals surface area contributed by atoms with Crippen LogP contribution in [-0.2, 0) is 9.47 Å². The number of piperidine rings is 1. The van der Waals surface area contributed by atoms with Crippen LogP contribution in [0.4, 0.5) is 0 Å². The van der Waals surface area contributed by atoms with Crippen LogP contribution in [0.5, 0.6) is 0 Å². The van der Waals surface area contributed by atoms with E-state index in [0.717, 1.165) is 38.8 Å². The van der Waals surface area contributed by atoms with Gasteiger partial charge in [-0.25, -0.2) is 0 Å². The summed E-state index contributed by atoms with van der Waals surface area (Å²) >= 11 is 0. The van der Waals surface area contributed by atoms with Gasteiger partial charge < -0.3 is 19.7 Å². The van der Waals surface area contributed by atoms with Crippen LogP contribution < -0.4 is 5.32 Å². The Bertz CT molecular complexity index is 208. The van der Waals surface area contributed by atoms with Crippen LogP contribution in [-0.4, -0.2) is 64.1 Å². The molecule has 0 spiro atoms. The summed E-state index contributed by atoms with van der Waals surface area (Å²) in [5, 5.41) is 3.36. The molecule has 2 rings (SSSR count). The van der Waals surface area contributed by atoms with Gasteiger partial charge in [0.05, 0.1) is 19.3 Å². The molecule has 0 radical (unpaired) electrons. The Hall–Kier alpha value is -0.160. The van der Waals surface area contributed by atoms with E-state index in [0.29, 0.717) is 6.10 Å². The third-order valence-electron chi connectivity index (χ3n) is 3.82. The van der Waals surface area contributed by atoms with Crippen LogP contribution >= 0.6 is 0 Å². The lowest BCUT2D eigenvalue weighted by molar-refractivity contribution is 0.0220. The largest absolute Gasteiger partial charge is 0.384 e. The highest BCUT2D eigenvalue weighted by molar-refractivity contribution is 4.75. The third-order valence-corrected chi connectivity index (χ3v) is 3.82. The average molecular weight is 242 g/mol. The Kier molecular flexibility index (Phi) is 5.71. The van der Waals surface area contributed by atoms with Gasteiger partial charge in [0.1, 0.15) is 0 Å². The second-order valence-electron chi connectivity index (χ2n) is 5.23. The predicted octanol–water partition coefficient (Wildman–Crippen LogP) is 0.723. The number of hydrogen-bond acceptors (Lipinski definition) is 4. The zero-order valence-corrected chi connectivity index (χ0v) is 11.0. The zero-order chi connectivity index (χ0) is 11.9. The number of nitrogens with one attached hydrogen (secondary N) is 1. The van der Waals surface area contributed by atoms with Gasteiger partial charge in [0, 0.05) is 20.2 Å². The first-order chi connectivity index (χ1) is 8.38. The minimum Gasteiger partial charge on any atom is -0.384 e. The molecular formula is C13H26N2O2. The molecule has 100 valence electrons. The molecule has 0 bridgehead atoms. The second kappa shape index (κ2) is 7.31. The summed E-state index contributed by atoms with van der Waals surface area (Å²) in [5.74, 6) is 0.735. The third kappa shape index (κ3) is 4.54. The molecular weight excluding hydrogens is 216 g/mol. The molecule has 17 heavy (non-hydrogen) atoms. The van der Waals surface area contributed by atoms with Gasteiger partial charge in [0.25, 0.3) is 0 Å². The van der Waals surface area contributed by atoms with Gasteiger partial charge in [-0.3, -0.25) is 0 Å². The second-order valence-corrected chi connectivity index (χ2v) is 5.23. The van der Waals surface area contributed by atoms with E-state index < -0.39 is 0 Å². The van der Waals surface area contributed by atoms with Crippen molar-refractivity contribution in [3.05, 3.63) is 0 Å². The molecule has 2 aliphatic heterocycles. The summed E-state index contributed by atoms with van der Waals surface area (Å²) in [5.41, 5.74) is 0. The van der Waals surface area contributed by atoms with Crippen LogP contribution in [0.15, 0.2) is 0 Å². The van der Waals surface area contributed by atoms with E-state index in [9.17, 15) is 0 Å². The summed E-state index contributed by atoms with van der Waals surface area (Å²) in [6, 6.07) is 0. The van der Waals surface area contributed by atoms with Crippen LogP contribution in [0, 0.1) is 5.92 Å². The van der Waals surface area contributed by atoms with Gasteiger partial charge in [-0.05, 0) is 44.8 Å². The van der Waals surface area contributed by atoms with Crippen LogP contribution in [0.2, 0.25) is 0 Å². The van der Waals surface area contributed by atoms with E-state index in [4.69, 9.17) is 9.47 Å². The zero-order valence-electron chi connectivity index (χ0n) is 11.0. The summed E-state index contributed by atoms with van der Waals surface area (Å²) in [6.45, 7) is 7.52. The molecule has 0 aromatic carbocycles. The average Bonchev–Trinajstić information content (AvgIpc) is 2.79. The molecule has 1 atom stereocenters. The Morgan fingerprint density at radius 1 is 1.24 bits per heavy atom. The first-order valence-corrected chi connectivity index (χ1v) is 6.92. The number of likely N-dealkylation sites (tertiary alicyclic amines) is 1. The number of nitrogens with zero attached hydrogens (tertiary/aromatic N) is 1. The molecule has 1 N–H and O–H groups in total. The molecule has 2 heterocycles. The van der Waals surface area contributed by atoms with Crippen molar-refractivity contribution in [1.82, 2.24) is 10.2 Å². The molecule has 0 aromatic heterocycles. The fourth-order valence-corrected chi connectivity index (χ4v) is 2.80. The standard InChI is InChI=1S/C13H26N2O2/c1-16-11-12-4-7-15(10-12)8-9-17-13-2-5-14-6-3-13/h12-14H,2-11H2,1H3. The van der Waals surface area contributed by atoms with Crippen LogP contribution in [0.1, 0.15) is 19.3 Å². The Labute approximate surface area is 105 Å². The molecule has 4 nitrogen and oxygen atoms in total. The topological polar surface area (TPSA) is 33.7 Å². The highest BCUT2D eigenvalue weighted by Crippen LogP contribution is 2.16. The maximum absolute atomic E-state index is 5.93. The van der Waals surface area contributed by atoms with Crippen molar-refractivity contribution >= 4 is 0 Å². The molecule has 2 aliphatic rings. The molecule has 2 saturated heterocycles. The number of ether oxygens (including phenoxy) is 2. The van der Waals surface area contributed by atoms with E-state index in [1.54, 1.807) is 7.11 Å². The lowest BCUT2D eigenvalue weighted by Gasteiger charge is -2.24. The molecule has 0 saturated carbocycles. The highest BCUT2D eigenvalue weighted by atomic mass is 16.5. The van der Waals surface area contributed by atoms with Gasteiger partial charge >= 0.3 is 0 Å². The van der Waals surface area contributed by atoms with Crippen LogP contribution in [0.25, 0.3) is 0 Å². The van der Waals surface area contributed by atoms with Gasteiger partial charge in [-0.15, -0.1) is 0 Å². The fourth-order valence-electron chi connectivity index (χ4n) is 2.80. The lowest BCUT2D eigenvalue weighted by Crippen LogP contribution is -2.34. The Morgan fingerprint density at radius 3 is 2.82 bits per heavy atom. The summed E-state index contributed by atoms with van der Waals surface area (Å²) in [6.07, 6.45) is 4.12. The first-order valence-electron chi connectivity index (χ1n) is 6.92. The van der Waals surface area contributed by atoms with Gasteiger partial charge in [0.2, 0.25) is 0 Å².